The maximum Gasteiger partial charge on any atom is 0.311 e. The molecular weight excluding hydrogens is 500 g/mol. The molecule has 0 aliphatic heterocycles. The second kappa shape index (κ2) is 9.96. The second-order valence-electron chi connectivity index (χ2n) is 7.66. The predicted molar refractivity (Wildman–Crippen MR) is 135 cm³/mol. The van der Waals surface area contributed by atoms with E-state index in [2.05, 4.69) is 26.0 Å². The minimum absolute atomic E-state index is 0.159. The van der Waals surface area contributed by atoms with E-state index in [9.17, 15) is 14.9 Å². The molecule has 8 nitrogen and oxygen atoms in total. The van der Waals surface area contributed by atoms with Crippen LogP contribution in [0.3, 0.4) is 0 Å². The van der Waals surface area contributed by atoms with Gasteiger partial charge in [0.2, 0.25) is 0 Å². The highest BCUT2D eigenvalue weighted by Crippen LogP contribution is 2.28. The Morgan fingerprint density at radius 2 is 1.91 bits per heavy atom. The summed E-state index contributed by atoms with van der Waals surface area (Å²) in [5.41, 5.74) is 2.58. The summed E-state index contributed by atoms with van der Waals surface area (Å²) in [5.74, 6) is 0.648. The van der Waals surface area contributed by atoms with Gasteiger partial charge in [0.15, 0.2) is 5.75 Å². The largest absolute Gasteiger partial charge is 0.482 e. The van der Waals surface area contributed by atoms with E-state index in [0.29, 0.717) is 28.7 Å². The molecule has 172 valence electrons. The van der Waals surface area contributed by atoms with E-state index in [1.165, 1.54) is 23.0 Å². The van der Waals surface area contributed by atoms with Gasteiger partial charge in [-0.2, -0.15) is 9.78 Å². The van der Waals surface area contributed by atoms with Gasteiger partial charge in [-0.05, 0) is 42.8 Å². The van der Waals surface area contributed by atoms with E-state index < -0.39 is 4.92 Å². The zero-order valence-electron chi connectivity index (χ0n) is 18.6. The van der Waals surface area contributed by atoms with Crippen molar-refractivity contribution in [1.82, 2.24) is 9.66 Å². The Labute approximate surface area is 203 Å². The molecular formula is C25H21BrN4O4. The molecule has 0 spiro atoms. The highest BCUT2D eigenvalue weighted by Gasteiger charge is 2.16. The predicted octanol–water partition coefficient (Wildman–Crippen LogP) is 5.40. The standard InChI is InChI=1S/C25H21BrN4O4/c1-3-24-28-21-10-9-19(26)13-20(21)25(31)29(24)27-14-18-8-11-23(22(12-18)30(32)33)34-15-17-6-4-16(2)5-7-17/h4-14H,3,15H2,1-2H3. The maximum atomic E-state index is 13.0. The summed E-state index contributed by atoms with van der Waals surface area (Å²) in [6.07, 6.45) is 1.90. The zero-order valence-corrected chi connectivity index (χ0v) is 20.2. The average Bonchev–Trinajstić information content (AvgIpc) is 2.83. The van der Waals surface area contributed by atoms with Crippen LogP contribution in [0.15, 0.2) is 75.0 Å². The quantitative estimate of drug-likeness (QED) is 0.184. The first-order chi connectivity index (χ1) is 16.4. The number of hydrogen-bond donors (Lipinski definition) is 0. The number of aromatic nitrogens is 2. The molecule has 0 aliphatic carbocycles. The van der Waals surface area contributed by atoms with E-state index in [0.717, 1.165) is 15.6 Å². The Morgan fingerprint density at radius 3 is 2.62 bits per heavy atom. The van der Waals surface area contributed by atoms with Crippen LogP contribution in [0.2, 0.25) is 0 Å². The third-order valence-electron chi connectivity index (χ3n) is 5.21. The van der Waals surface area contributed by atoms with E-state index >= 15 is 0 Å². The van der Waals surface area contributed by atoms with Crippen LogP contribution in [-0.2, 0) is 13.0 Å². The van der Waals surface area contributed by atoms with Gasteiger partial charge in [0.25, 0.3) is 5.56 Å². The van der Waals surface area contributed by atoms with Crippen LogP contribution in [0, 0.1) is 17.0 Å². The van der Waals surface area contributed by atoms with Crippen molar-refractivity contribution in [3.05, 3.63) is 108 Å². The Morgan fingerprint density at radius 1 is 1.15 bits per heavy atom. The van der Waals surface area contributed by atoms with Crippen molar-refractivity contribution >= 4 is 38.7 Å². The molecule has 1 aromatic heterocycles. The molecule has 4 aromatic rings. The van der Waals surface area contributed by atoms with E-state index in [-0.39, 0.29) is 23.6 Å². The number of ether oxygens (including phenoxy) is 1. The molecule has 0 aliphatic rings. The Bertz CT molecular complexity index is 1460. The van der Waals surface area contributed by atoms with Crippen molar-refractivity contribution in [2.24, 2.45) is 5.10 Å². The SMILES string of the molecule is CCc1nc2ccc(Br)cc2c(=O)n1N=Cc1ccc(OCc2ccc(C)cc2)c([N+](=O)[O-])c1. The summed E-state index contributed by atoms with van der Waals surface area (Å²) in [5, 5.41) is 16.4. The van der Waals surface area contributed by atoms with Crippen LogP contribution >= 0.6 is 15.9 Å². The molecule has 0 saturated heterocycles. The molecule has 0 radical (unpaired) electrons. The smallest absolute Gasteiger partial charge is 0.311 e. The van der Waals surface area contributed by atoms with Gasteiger partial charge in [-0.3, -0.25) is 14.9 Å². The van der Waals surface area contributed by atoms with Gasteiger partial charge in [-0.25, -0.2) is 4.98 Å². The first kappa shape index (κ1) is 23.3. The first-order valence-electron chi connectivity index (χ1n) is 10.6. The molecule has 0 atom stereocenters. The molecule has 1 heterocycles. The number of nitrogens with zero attached hydrogens (tertiary/aromatic N) is 4. The van der Waals surface area contributed by atoms with Gasteiger partial charge in [-0.1, -0.05) is 52.7 Å². The van der Waals surface area contributed by atoms with Crippen molar-refractivity contribution in [3.63, 3.8) is 0 Å². The molecule has 0 amide bonds. The lowest BCUT2D eigenvalue weighted by atomic mass is 10.1. The number of aryl methyl sites for hydroxylation is 2. The van der Waals surface area contributed by atoms with Crippen LogP contribution in [0.25, 0.3) is 10.9 Å². The van der Waals surface area contributed by atoms with Crippen molar-refractivity contribution in [3.8, 4) is 5.75 Å². The lowest BCUT2D eigenvalue weighted by Gasteiger charge is -2.09. The fraction of sp³-hybridized carbons (Fsp3) is 0.160. The van der Waals surface area contributed by atoms with E-state index in [1.54, 1.807) is 18.2 Å². The van der Waals surface area contributed by atoms with Crippen LogP contribution < -0.4 is 10.3 Å². The van der Waals surface area contributed by atoms with Crippen molar-refractivity contribution in [2.45, 2.75) is 26.9 Å². The van der Waals surface area contributed by atoms with Crippen LogP contribution in [-0.4, -0.2) is 20.8 Å². The molecule has 3 aromatic carbocycles. The zero-order chi connectivity index (χ0) is 24.2. The average molecular weight is 521 g/mol. The van der Waals surface area contributed by atoms with Crippen molar-refractivity contribution in [1.29, 1.82) is 0 Å². The molecule has 0 unspecified atom stereocenters. The molecule has 34 heavy (non-hydrogen) atoms. The van der Waals surface area contributed by atoms with E-state index in [4.69, 9.17) is 4.74 Å². The molecule has 0 fully saturated rings. The van der Waals surface area contributed by atoms with Crippen LogP contribution in [0.5, 0.6) is 5.75 Å². The highest BCUT2D eigenvalue weighted by molar-refractivity contribution is 9.10. The minimum atomic E-state index is -0.499. The molecule has 0 bridgehead atoms. The van der Waals surface area contributed by atoms with Gasteiger partial charge in [0.1, 0.15) is 12.4 Å². The van der Waals surface area contributed by atoms with Crippen LogP contribution in [0.4, 0.5) is 5.69 Å². The molecule has 9 heteroatoms. The maximum absolute atomic E-state index is 13.0. The molecule has 0 saturated carbocycles. The summed E-state index contributed by atoms with van der Waals surface area (Å²) in [7, 11) is 0. The minimum Gasteiger partial charge on any atom is -0.482 e. The third-order valence-corrected chi connectivity index (χ3v) is 5.70. The molecule has 4 rings (SSSR count). The van der Waals surface area contributed by atoms with Gasteiger partial charge in [-0.15, -0.1) is 0 Å². The summed E-state index contributed by atoms with van der Waals surface area (Å²) >= 11 is 3.37. The number of rotatable bonds is 7. The number of fused-ring (bicyclic) bond motifs is 1. The number of benzene rings is 3. The van der Waals surface area contributed by atoms with Gasteiger partial charge in [0.05, 0.1) is 22.0 Å². The normalized spacial score (nSPS) is 11.3. The van der Waals surface area contributed by atoms with Crippen molar-refractivity contribution in [2.75, 3.05) is 0 Å². The molecule has 0 N–H and O–H groups in total. The first-order valence-corrected chi connectivity index (χ1v) is 11.4. The third kappa shape index (κ3) is 5.04. The number of nitro groups is 1. The second-order valence-corrected chi connectivity index (χ2v) is 8.58. The monoisotopic (exact) mass is 520 g/mol. The Hall–Kier alpha value is -3.85. The number of hydrogen-bond acceptors (Lipinski definition) is 6. The Balaban J connectivity index is 1.64. The number of nitro benzene ring substituents is 1. The van der Waals surface area contributed by atoms with Gasteiger partial charge >= 0.3 is 5.69 Å². The summed E-state index contributed by atoms with van der Waals surface area (Å²) in [6.45, 7) is 4.08. The number of halogens is 1. The van der Waals surface area contributed by atoms with E-state index in [1.807, 2.05) is 44.2 Å². The summed E-state index contributed by atoms with van der Waals surface area (Å²) in [6, 6.07) is 17.6. The Kier molecular flexibility index (Phi) is 6.83. The summed E-state index contributed by atoms with van der Waals surface area (Å²) in [4.78, 5) is 28.7. The topological polar surface area (TPSA) is 99.6 Å². The van der Waals surface area contributed by atoms with Crippen molar-refractivity contribution < 1.29 is 9.66 Å². The van der Waals surface area contributed by atoms with Gasteiger partial charge < -0.3 is 4.74 Å². The lowest BCUT2D eigenvalue weighted by molar-refractivity contribution is -0.385. The fourth-order valence-corrected chi connectivity index (χ4v) is 3.75. The fourth-order valence-electron chi connectivity index (χ4n) is 3.39. The summed E-state index contributed by atoms with van der Waals surface area (Å²) < 4.78 is 7.69. The lowest BCUT2D eigenvalue weighted by Crippen LogP contribution is -2.22. The van der Waals surface area contributed by atoms with Crippen LogP contribution in [0.1, 0.15) is 29.4 Å². The van der Waals surface area contributed by atoms with Gasteiger partial charge in [0, 0.05) is 22.5 Å². The highest BCUT2D eigenvalue weighted by atomic mass is 79.9.